The quantitative estimate of drug-likeness (QED) is 0.258. The van der Waals surface area contributed by atoms with Crippen LogP contribution in [0.2, 0.25) is 0 Å². The van der Waals surface area contributed by atoms with Crippen LogP contribution in [0.15, 0.2) is 58.1 Å². The third-order valence-corrected chi connectivity index (χ3v) is 5.30. The summed E-state index contributed by atoms with van der Waals surface area (Å²) in [4.78, 5) is 23.4. The van der Waals surface area contributed by atoms with E-state index in [0.717, 1.165) is 23.4 Å². The molecule has 0 bridgehead atoms. The molecule has 0 fully saturated rings. The minimum absolute atomic E-state index is 0.00988. The Morgan fingerprint density at radius 1 is 1.22 bits per heavy atom. The zero-order chi connectivity index (χ0) is 23.3. The summed E-state index contributed by atoms with van der Waals surface area (Å²) in [5.41, 5.74) is 5.73. The summed E-state index contributed by atoms with van der Waals surface area (Å²) in [6.07, 6.45) is 2.44. The maximum atomic E-state index is 12.3. The summed E-state index contributed by atoms with van der Waals surface area (Å²) in [5, 5.41) is 15.6. The van der Waals surface area contributed by atoms with Crippen molar-refractivity contribution in [2.24, 2.45) is 5.10 Å². The number of nitrogens with zero attached hydrogens (tertiary/aromatic N) is 3. The molecule has 9 heteroatoms. The molecule has 32 heavy (non-hydrogen) atoms. The van der Waals surface area contributed by atoms with Gasteiger partial charge in [-0.3, -0.25) is 14.9 Å². The number of nitro groups is 1. The maximum Gasteiger partial charge on any atom is 0.294 e. The van der Waals surface area contributed by atoms with Gasteiger partial charge in [-0.25, -0.2) is 5.43 Å². The minimum Gasteiger partial charge on any atom is -0.494 e. The average molecular weight is 499 g/mol. The van der Waals surface area contributed by atoms with Gasteiger partial charge in [0, 0.05) is 33.1 Å². The second-order valence-corrected chi connectivity index (χ2v) is 8.04. The standard InChI is InChI=1S/C23H23BrN4O4/c1-4-11-32-20-8-5-17(6-9-20)23(29)26-25-14-18-12-15(2)27(16(18)3)21-10-7-19(24)13-22(21)28(30)31/h5-10,12-14H,4,11H2,1-3H3,(H,26,29)/b25-14-. The van der Waals surface area contributed by atoms with E-state index in [1.807, 2.05) is 26.8 Å². The number of carbonyl (C=O) groups excluding carboxylic acids is 1. The van der Waals surface area contributed by atoms with Gasteiger partial charge >= 0.3 is 0 Å². The van der Waals surface area contributed by atoms with Crippen LogP contribution in [-0.4, -0.2) is 28.2 Å². The number of aromatic nitrogens is 1. The third kappa shape index (κ3) is 5.23. The first-order chi connectivity index (χ1) is 15.3. The van der Waals surface area contributed by atoms with Crippen LogP contribution in [0.3, 0.4) is 0 Å². The highest BCUT2D eigenvalue weighted by molar-refractivity contribution is 9.10. The Kier molecular flexibility index (Phi) is 7.42. The van der Waals surface area contributed by atoms with E-state index in [-0.39, 0.29) is 11.6 Å². The maximum absolute atomic E-state index is 12.3. The van der Waals surface area contributed by atoms with E-state index in [9.17, 15) is 14.9 Å². The number of nitro benzene ring substituents is 1. The molecule has 1 aromatic heterocycles. The van der Waals surface area contributed by atoms with E-state index in [1.54, 1.807) is 41.0 Å². The van der Waals surface area contributed by atoms with Crippen molar-refractivity contribution in [1.82, 2.24) is 9.99 Å². The van der Waals surface area contributed by atoms with E-state index >= 15 is 0 Å². The van der Waals surface area contributed by atoms with Crippen molar-refractivity contribution in [2.75, 3.05) is 6.61 Å². The van der Waals surface area contributed by atoms with Crippen LogP contribution in [0.25, 0.3) is 5.69 Å². The molecule has 0 saturated carbocycles. The second-order valence-electron chi connectivity index (χ2n) is 7.12. The van der Waals surface area contributed by atoms with E-state index in [0.29, 0.717) is 28.1 Å². The molecule has 0 radical (unpaired) electrons. The molecule has 2 aromatic carbocycles. The largest absolute Gasteiger partial charge is 0.494 e. The molecule has 0 atom stereocenters. The second kappa shape index (κ2) is 10.2. The van der Waals surface area contributed by atoms with Crippen LogP contribution in [-0.2, 0) is 0 Å². The number of rotatable bonds is 8. The lowest BCUT2D eigenvalue weighted by Crippen LogP contribution is -2.17. The van der Waals surface area contributed by atoms with Crippen molar-refractivity contribution in [3.63, 3.8) is 0 Å². The molecule has 3 rings (SSSR count). The summed E-state index contributed by atoms with van der Waals surface area (Å²) >= 11 is 3.28. The van der Waals surface area contributed by atoms with Crippen molar-refractivity contribution in [3.05, 3.63) is 85.6 Å². The molecule has 8 nitrogen and oxygen atoms in total. The number of hydrogen-bond acceptors (Lipinski definition) is 5. The predicted molar refractivity (Wildman–Crippen MR) is 127 cm³/mol. The van der Waals surface area contributed by atoms with Gasteiger partial charge in [-0.15, -0.1) is 0 Å². The number of amides is 1. The summed E-state index contributed by atoms with van der Waals surface area (Å²) in [7, 11) is 0. The van der Waals surface area contributed by atoms with Crippen molar-refractivity contribution in [1.29, 1.82) is 0 Å². The van der Waals surface area contributed by atoms with Crippen LogP contribution < -0.4 is 10.2 Å². The molecule has 0 aliphatic carbocycles. The molecule has 1 heterocycles. The molecule has 1 amide bonds. The topological polar surface area (TPSA) is 98.8 Å². The molecular formula is C23H23BrN4O4. The van der Waals surface area contributed by atoms with Crippen molar-refractivity contribution < 1.29 is 14.5 Å². The van der Waals surface area contributed by atoms with Gasteiger partial charge in [-0.2, -0.15) is 5.10 Å². The zero-order valence-corrected chi connectivity index (χ0v) is 19.5. The Labute approximate surface area is 194 Å². The number of aryl methyl sites for hydroxylation is 1. The summed E-state index contributed by atoms with van der Waals surface area (Å²) in [6.45, 7) is 6.35. The van der Waals surface area contributed by atoms with Crippen molar-refractivity contribution in [3.8, 4) is 11.4 Å². The smallest absolute Gasteiger partial charge is 0.294 e. The van der Waals surface area contributed by atoms with Gasteiger partial charge in [0.15, 0.2) is 0 Å². The first-order valence-electron chi connectivity index (χ1n) is 10.0. The van der Waals surface area contributed by atoms with Crippen LogP contribution in [0.5, 0.6) is 5.75 Å². The van der Waals surface area contributed by atoms with E-state index in [1.165, 1.54) is 12.3 Å². The zero-order valence-electron chi connectivity index (χ0n) is 18.0. The lowest BCUT2D eigenvalue weighted by Gasteiger charge is -2.10. The van der Waals surface area contributed by atoms with Gasteiger partial charge in [-0.05, 0) is 62.7 Å². The summed E-state index contributed by atoms with van der Waals surface area (Å²) in [5.74, 6) is 0.363. The molecule has 0 aliphatic heterocycles. The number of ether oxygens (including phenoxy) is 1. The molecule has 0 unspecified atom stereocenters. The van der Waals surface area contributed by atoms with Gasteiger partial charge in [0.2, 0.25) is 0 Å². The third-order valence-electron chi connectivity index (χ3n) is 4.80. The number of hydrogen-bond donors (Lipinski definition) is 1. The minimum atomic E-state index is -0.411. The molecule has 0 saturated heterocycles. The molecule has 166 valence electrons. The van der Waals surface area contributed by atoms with Gasteiger partial charge < -0.3 is 9.30 Å². The van der Waals surface area contributed by atoms with Crippen molar-refractivity contribution >= 4 is 33.7 Å². The lowest BCUT2D eigenvalue weighted by molar-refractivity contribution is -0.384. The average Bonchev–Trinajstić information content (AvgIpc) is 3.05. The Hall–Kier alpha value is -3.46. The van der Waals surface area contributed by atoms with E-state index < -0.39 is 4.92 Å². The number of halogens is 1. The van der Waals surface area contributed by atoms with Gasteiger partial charge in [-0.1, -0.05) is 22.9 Å². The van der Waals surface area contributed by atoms with Crippen LogP contribution in [0.4, 0.5) is 5.69 Å². The van der Waals surface area contributed by atoms with Crippen LogP contribution in [0.1, 0.15) is 40.7 Å². The molecule has 0 aliphatic rings. The highest BCUT2D eigenvalue weighted by atomic mass is 79.9. The SMILES string of the molecule is CCCOc1ccc(C(=O)N/N=C\c2cc(C)n(-c3ccc(Br)cc3[N+](=O)[O-])c2C)cc1. The molecule has 1 N–H and O–H groups in total. The Bertz CT molecular complexity index is 1170. The number of hydrazone groups is 1. The number of benzene rings is 2. The van der Waals surface area contributed by atoms with Crippen LogP contribution in [0, 0.1) is 24.0 Å². The number of carbonyl (C=O) groups is 1. The fraction of sp³-hybridized carbons (Fsp3) is 0.217. The predicted octanol–water partition coefficient (Wildman–Crippen LogP) is 5.32. The highest BCUT2D eigenvalue weighted by Gasteiger charge is 2.19. The molecular weight excluding hydrogens is 476 g/mol. The Morgan fingerprint density at radius 2 is 1.94 bits per heavy atom. The molecule has 0 spiro atoms. The monoisotopic (exact) mass is 498 g/mol. The van der Waals surface area contributed by atoms with Crippen molar-refractivity contribution in [2.45, 2.75) is 27.2 Å². The van der Waals surface area contributed by atoms with Crippen LogP contribution >= 0.6 is 15.9 Å². The van der Waals surface area contributed by atoms with Gasteiger partial charge in [0.1, 0.15) is 11.4 Å². The first kappa shape index (κ1) is 23.2. The lowest BCUT2D eigenvalue weighted by atomic mass is 10.2. The number of nitrogens with one attached hydrogen (secondary N) is 1. The normalized spacial score (nSPS) is 11.0. The van der Waals surface area contributed by atoms with Gasteiger partial charge in [0.05, 0.1) is 17.7 Å². The Morgan fingerprint density at radius 3 is 2.59 bits per heavy atom. The fourth-order valence-corrected chi connectivity index (χ4v) is 3.62. The Balaban J connectivity index is 1.77. The first-order valence-corrected chi connectivity index (χ1v) is 10.8. The van der Waals surface area contributed by atoms with Gasteiger partial charge in [0.25, 0.3) is 11.6 Å². The molecule has 3 aromatic rings. The van der Waals surface area contributed by atoms with E-state index in [2.05, 4.69) is 26.5 Å². The fourth-order valence-electron chi connectivity index (χ4n) is 3.27. The van der Waals surface area contributed by atoms with E-state index in [4.69, 9.17) is 4.74 Å². The summed E-state index contributed by atoms with van der Waals surface area (Å²) in [6, 6.07) is 13.6. The summed E-state index contributed by atoms with van der Waals surface area (Å²) < 4.78 is 7.94. The highest BCUT2D eigenvalue weighted by Crippen LogP contribution is 2.30.